The molecular weight excluding hydrogens is 376 g/mol. The zero-order valence-electron chi connectivity index (χ0n) is 18.0. The SMILES string of the molecule is CCN1CCN(c2ccc(C3CC(c4ccc(OC)cc4)=NN3C(C)=O)cc2)CC1. The van der Waals surface area contributed by atoms with Crippen molar-refractivity contribution < 1.29 is 9.53 Å². The Hall–Kier alpha value is -2.86. The van der Waals surface area contributed by atoms with E-state index in [4.69, 9.17) is 4.74 Å². The highest BCUT2D eigenvalue weighted by Gasteiger charge is 2.31. The number of likely N-dealkylation sites (N-methyl/N-ethyl adjacent to an activating group) is 1. The lowest BCUT2D eigenvalue weighted by Crippen LogP contribution is -2.46. The molecule has 6 heteroatoms. The highest BCUT2D eigenvalue weighted by Crippen LogP contribution is 2.34. The zero-order valence-corrected chi connectivity index (χ0v) is 18.0. The molecule has 1 atom stereocenters. The summed E-state index contributed by atoms with van der Waals surface area (Å²) in [4.78, 5) is 17.2. The highest BCUT2D eigenvalue weighted by molar-refractivity contribution is 6.03. The Bertz CT molecular complexity index is 900. The molecule has 2 aliphatic rings. The molecule has 1 amide bonds. The largest absolute Gasteiger partial charge is 0.497 e. The van der Waals surface area contributed by atoms with E-state index >= 15 is 0 Å². The fourth-order valence-electron chi connectivity index (χ4n) is 4.25. The molecular formula is C24H30N4O2. The fourth-order valence-corrected chi connectivity index (χ4v) is 4.25. The van der Waals surface area contributed by atoms with Crippen molar-refractivity contribution >= 4 is 17.3 Å². The van der Waals surface area contributed by atoms with Crippen LogP contribution >= 0.6 is 0 Å². The lowest BCUT2D eigenvalue weighted by atomic mass is 9.98. The second kappa shape index (κ2) is 8.88. The summed E-state index contributed by atoms with van der Waals surface area (Å²) in [5.41, 5.74) is 4.32. The van der Waals surface area contributed by atoms with Crippen LogP contribution in [-0.4, -0.2) is 61.4 Å². The van der Waals surface area contributed by atoms with E-state index in [-0.39, 0.29) is 11.9 Å². The molecule has 0 aromatic heterocycles. The Morgan fingerprint density at radius 1 is 1.03 bits per heavy atom. The van der Waals surface area contributed by atoms with Crippen molar-refractivity contribution in [2.75, 3.05) is 44.7 Å². The number of rotatable bonds is 5. The molecule has 4 rings (SSSR count). The first-order valence-corrected chi connectivity index (χ1v) is 10.7. The lowest BCUT2D eigenvalue weighted by Gasteiger charge is -2.35. The first-order chi connectivity index (χ1) is 14.6. The molecule has 0 N–H and O–H groups in total. The Labute approximate surface area is 178 Å². The molecule has 0 spiro atoms. The van der Waals surface area contributed by atoms with Crippen LogP contribution in [0.5, 0.6) is 5.75 Å². The number of piperazine rings is 1. The summed E-state index contributed by atoms with van der Waals surface area (Å²) in [6.45, 7) is 9.24. The zero-order chi connectivity index (χ0) is 21.1. The summed E-state index contributed by atoms with van der Waals surface area (Å²) in [5, 5.41) is 6.26. The number of hydrazone groups is 1. The summed E-state index contributed by atoms with van der Waals surface area (Å²) in [6, 6.07) is 16.4. The second-order valence-electron chi connectivity index (χ2n) is 7.87. The molecule has 2 aliphatic heterocycles. The van der Waals surface area contributed by atoms with Crippen LogP contribution in [0.15, 0.2) is 53.6 Å². The molecule has 1 saturated heterocycles. The van der Waals surface area contributed by atoms with E-state index in [1.165, 1.54) is 5.69 Å². The van der Waals surface area contributed by atoms with Gasteiger partial charge in [0.15, 0.2) is 0 Å². The van der Waals surface area contributed by atoms with Gasteiger partial charge in [-0.25, -0.2) is 5.01 Å². The van der Waals surface area contributed by atoms with E-state index in [2.05, 4.69) is 46.1 Å². The number of anilines is 1. The molecule has 30 heavy (non-hydrogen) atoms. The van der Waals surface area contributed by atoms with Gasteiger partial charge in [-0.3, -0.25) is 4.79 Å². The number of methoxy groups -OCH3 is 1. The molecule has 158 valence electrons. The van der Waals surface area contributed by atoms with E-state index < -0.39 is 0 Å². The van der Waals surface area contributed by atoms with Crippen molar-refractivity contribution in [2.24, 2.45) is 5.10 Å². The number of carbonyl (C=O) groups excluding carboxylic acids is 1. The van der Waals surface area contributed by atoms with Gasteiger partial charge < -0.3 is 14.5 Å². The number of hydrogen-bond donors (Lipinski definition) is 0. The average Bonchev–Trinajstić information content (AvgIpc) is 3.25. The molecule has 6 nitrogen and oxygen atoms in total. The van der Waals surface area contributed by atoms with Crippen molar-refractivity contribution in [2.45, 2.75) is 26.3 Å². The molecule has 0 radical (unpaired) electrons. The quantitative estimate of drug-likeness (QED) is 0.762. The summed E-state index contributed by atoms with van der Waals surface area (Å²) < 4.78 is 5.24. The van der Waals surface area contributed by atoms with E-state index in [0.29, 0.717) is 6.42 Å². The number of hydrogen-bond acceptors (Lipinski definition) is 5. The van der Waals surface area contributed by atoms with Crippen molar-refractivity contribution in [3.8, 4) is 5.75 Å². The van der Waals surface area contributed by atoms with Gasteiger partial charge in [-0.15, -0.1) is 0 Å². The van der Waals surface area contributed by atoms with Crippen molar-refractivity contribution in [3.63, 3.8) is 0 Å². The molecule has 2 aromatic rings. The van der Waals surface area contributed by atoms with Crippen LogP contribution in [-0.2, 0) is 4.79 Å². The monoisotopic (exact) mass is 406 g/mol. The number of carbonyl (C=O) groups is 1. The summed E-state index contributed by atoms with van der Waals surface area (Å²) in [6.07, 6.45) is 0.709. The maximum atomic E-state index is 12.3. The van der Waals surface area contributed by atoms with Gasteiger partial charge in [0.05, 0.1) is 18.9 Å². The Balaban J connectivity index is 1.49. The van der Waals surface area contributed by atoms with Gasteiger partial charge in [-0.2, -0.15) is 5.10 Å². The van der Waals surface area contributed by atoms with Crippen molar-refractivity contribution in [3.05, 3.63) is 59.7 Å². The van der Waals surface area contributed by atoms with Crippen LogP contribution in [0.25, 0.3) is 0 Å². The maximum absolute atomic E-state index is 12.3. The van der Waals surface area contributed by atoms with Crippen LogP contribution in [0.4, 0.5) is 5.69 Å². The normalized spacial score (nSPS) is 19.7. The lowest BCUT2D eigenvalue weighted by molar-refractivity contribution is -0.130. The number of nitrogens with zero attached hydrogens (tertiary/aromatic N) is 4. The van der Waals surface area contributed by atoms with Gasteiger partial charge in [0, 0.05) is 45.2 Å². The van der Waals surface area contributed by atoms with Crippen LogP contribution in [0.3, 0.4) is 0 Å². The van der Waals surface area contributed by atoms with Gasteiger partial charge in [0.1, 0.15) is 5.75 Å². The molecule has 0 aliphatic carbocycles. The third-order valence-electron chi connectivity index (χ3n) is 6.12. The van der Waals surface area contributed by atoms with Crippen LogP contribution in [0.2, 0.25) is 0 Å². The van der Waals surface area contributed by atoms with Crippen LogP contribution in [0.1, 0.15) is 37.4 Å². The second-order valence-corrected chi connectivity index (χ2v) is 7.87. The smallest absolute Gasteiger partial charge is 0.240 e. The molecule has 0 bridgehead atoms. The average molecular weight is 407 g/mol. The van der Waals surface area contributed by atoms with E-state index in [0.717, 1.165) is 55.3 Å². The number of amides is 1. The molecule has 1 fully saturated rings. The van der Waals surface area contributed by atoms with Crippen LogP contribution < -0.4 is 9.64 Å². The predicted molar refractivity (Wildman–Crippen MR) is 120 cm³/mol. The number of ether oxygens (including phenoxy) is 1. The minimum Gasteiger partial charge on any atom is -0.497 e. The van der Waals surface area contributed by atoms with Gasteiger partial charge in [0.25, 0.3) is 0 Å². The summed E-state index contributed by atoms with van der Waals surface area (Å²) in [7, 11) is 1.66. The maximum Gasteiger partial charge on any atom is 0.240 e. The number of benzene rings is 2. The topological polar surface area (TPSA) is 48.4 Å². The highest BCUT2D eigenvalue weighted by atomic mass is 16.5. The van der Waals surface area contributed by atoms with E-state index in [1.807, 2.05) is 24.3 Å². The minimum absolute atomic E-state index is 0.0386. The summed E-state index contributed by atoms with van der Waals surface area (Å²) >= 11 is 0. The molecule has 2 aromatic carbocycles. The third-order valence-corrected chi connectivity index (χ3v) is 6.12. The Kier molecular flexibility index (Phi) is 6.04. The Morgan fingerprint density at radius 2 is 1.70 bits per heavy atom. The van der Waals surface area contributed by atoms with E-state index in [9.17, 15) is 4.79 Å². The van der Waals surface area contributed by atoms with Gasteiger partial charge in [0.2, 0.25) is 5.91 Å². The first-order valence-electron chi connectivity index (χ1n) is 10.7. The molecule has 2 heterocycles. The predicted octanol–water partition coefficient (Wildman–Crippen LogP) is 3.53. The van der Waals surface area contributed by atoms with Gasteiger partial charge in [-0.1, -0.05) is 19.1 Å². The fraction of sp³-hybridized carbons (Fsp3) is 0.417. The molecule has 1 unspecified atom stereocenters. The first kappa shape index (κ1) is 20.4. The van der Waals surface area contributed by atoms with Crippen molar-refractivity contribution in [1.29, 1.82) is 0 Å². The summed E-state index contributed by atoms with van der Waals surface area (Å²) in [5.74, 6) is 0.774. The third kappa shape index (κ3) is 4.19. The molecule has 0 saturated carbocycles. The van der Waals surface area contributed by atoms with Crippen LogP contribution in [0, 0.1) is 0 Å². The van der Waals surface area contributed by atoms with E-state index in [1.54, 1.807) is 19.0 Å². The van der Waals surface area contributed by atoms with Crippen molar-refractivity contribution in [1.82, 2.24) is 9.91 Å². The minimum atomic E-state index is -0.0643. The standard InChI is InChI=1S/C24H30N4O2/c1-4-26-13-15-27(16-14-26)21-9-5-20(6-10-21)24-17-23(25-28(24)18(2)29)19-7-11-22(30-3)12-8-19/h5-12,24H,4,13-17H2,1-3H3. The van der Waals surface area contributed by atoms with Gasteiger partial charge >= 0.3 is 0 Å². The van der Waals surface area contributed by atoms with Gasteiger partial charge in [-0.05, 0) is 54.1 Å². The Morgan fingerprint density at radius 3 is 2.27 bits per heavy atom.